The van der Waals surface area contributed by atoms with E-state index in [0.29, 0.717) is 44.5 Å². The lowest BCUT2D eigenvalue weighted by molar-refractivity contribution is -0.151. The number of esters is 1. The van der Waals surface area contributed by atoms with Gasteiger partial charge in [-0.2, -0.15) is 0 Å². The minimum atomic E-state index is -2.17. The first kappa shape index (κ1) is 32.3. The van der Waals surface area contributed by atoms with Crippen molar-refractivity contribution < 1.29 is 34.1 Å². The number of aryl methyl sites for hydroxylation is 1. The summed E-state index contributed by atoms with van der Waals surface area (Å²) in [5.74, 6) is -1.24. The maximum atomic E-state index is 14.0. The molecule has 0 radical (unpaired) electrons. The van der Waals surface area contributed by atoms with Crippen molar-refractivity contribution in [2.75, 3.05) is 33.5 Å². The number of aliphatic hydroxyl groups excluding tert-OH is 2. The van der Waals surface area contributed by atoms with Crippen molar-refractivity contribution >= 4 is 17.5 Å². The Balaban J connectivity index is 1.33. The van der Waals surface area contributed by atoms with E-state index in [4.69, 9.17) is 9.47 Å². The van der Waals surface area contributed by atoms with Gasteiger partial charge in [0.05, 0.1) is 19.4 Å². The summed E-state index contributed by atoms with van der Waals surface area (Å²) in [6, 6.07) is 15.9. The number of hydrogen-bond donors (Lipinski definition) is 5. The molecule has 2 aromatic rings. The van der Waals surface area contributed by atoms with Crippen molar-refractivity contribution in [2.24, 2.45) is 0 Å². The van der Waals surface area contributed by atoms with E-state index >= 15 is 0 Å². The van der Waals surface area contributed by atoms with Crippen molar-refractivity contribution in [1.29, 1.82) is 0 Å². The average molecular weight is 616 g/mol. The number of rotatable bonds is 15. The maximum absolute atomic E-state index is 14.0. The molecule has 0 aromatic heterocycles. The molecular weight excluding hydrogens is 574 g/mol. The minimum absolute atomic E-state index is 0.0933. The smallest absolute Gasteiger partial charge is 0.350 e. The highest BCUT2D eigenvalue weighted by molar-refractivity contribution is 6.32. The van der Waals surface area contributed by atoms with Gasteiger partial charge in [-0.05, 0) is 62.4 Å². The number of allylic oxidation sites excluding steroid dienone is 3. The minimum Gasteiger partial charge on any atom is -0.460 e. The zero-order chi connectivity index (χ0) is 32.0. The molecule has 1 aliphatic carbocycles. The fourth-order valence-electron chi connectivity index (χ4n) is 6.04. The molecule has 2 aromatic carbocycles. The summed E-state index contributed by atoms with van der Waals surface area (Å²) in [4.78, 5) is 41.5. The Morgan fingerprint density at radius 2 is 1.78 bits per heavy atom. The molecule has 0 spiro atoms. The predicted octanol–water partition coefficient (Wildman–Crippen LogP) is 2.73. The number of benzene rings is 2. The topological polar surface area (TPSA) is 150 Å². The number of carbonyl (C=O) groups excluding carboxylic acids is 3. The van der Waals surface area contributed by atoms with Crippen LogP contribution in [0.3, 0.4) is 0 Å². The second-order valence-electron chi connectivity index (χ2n) is 11.7. The lowest BCUT2D eigenvalue weighted by Gasteiger charge is -2.25. The monoisotopic (exact) mass is 615 g/mol. The second-order valence-corrected chi connectivity index (χ2v) is 11.7. The molecule has 5 rings (SSSR count). The van der Waals surface area contributed by atoms with E-state index in [-0.39, 0.29) is 30.8 Å². The summed E-state index contributed by atoms with van der Waals surface area (Å²) in [6.45, 7) is 2.47. The fourth-order valence-corrected chi connectivity index (χ4v) is 6.04. The fraction of sp³-hybridized carbons (Fsp3) is 0.400. The zero-order valence-electron chi connectivity index (χ0n) is 25.7. The largest absolute Gasteiger partial charge is 0.460 e. The van der Waals surface area contributed by atoms with Crippen LogP contribution >= 0.6 is 0 Å². The van der Waals surface area contributed by atoms with Gasteiger partial charge in [-0.15, -0.1) is 0 Å². The summed E-state index contributed by atoms with van der Waals surface area (Å²) in [5, 5.41) is 30.5. The number of epoxide rings is 1. The van der Waals surface area contributed by atoms with Crippen molar-refractivity contribution in [3.05, 3.63) is 106 Å². The third kappa shape index (κ3) is 6.50. The Morgan fingerprint density at radius 3 is 2.49 bits per heavy atom. The van der Waals surface area contributed by atoms with E-state index in [1.807, 2.05) is 50.4 Å². The SMILES string of the molecule is CNCNC1=CC(CCC(C)=C(CO)CC23OC2(C(=O)OCC(O)CCc2ccccc2)C(=O)c2ccccc2C3=O)=CCN1. The normalized spacial score (nSPS) is 23.0. The van der Waals surface area contributed by atoms with Gasteiger partial charge in [0.2, 0.25) is 5.78 Å². The second kappa shape index (κ2) is 13.9. The van der Waals surface area contributed by atoms with Crippen LogP contribution in [0.5, 0.6) is 0 Å². The number of ether oxygens (including phenoxy) is 2. The zero-order valence-corrected chi connectivity index (χ0v) is 25.7. The average Bonchev–Trinajstić information content (AvgIpc) is 3.77. The molecular formula is C35H41N3O7. The Labute approximate surface area is 263 Å². The van der Waals surface area contributed by atoms with Gasteiger partial charge < -0.3 is 35.6 Å². The number of carbonyl (C=O) groups is 3. The molecule has 3 unspecified atom stereocenters. The summed E-state index contributed by atoms with van der Waals surface area (Å²) in [5.41, 5.74) is -0.213. The molecule has 3 atom stereocenters. The first-order valence-electron chi connectivity index (χ1n) is 15.3. The number of nitrogens with one attached hydrogen (secondary N) is 3. The lowest BCUT2D eigenvalue weighted by Crippen LogP contribution is -2.51. The molecule has 238 valence electrons. The highest BCUT2D eigenvalue weighted by Crippen LogP contribution is 2.59. The Kier molecular flexibility index (Phi) is 9.99. The number of hydrogen-bond acceptors (Lipinski definition) is 10. The molecule has 0 saturated carbocycles. The molecule has 0 amide bonds. The molecule has 1 saturated heterocycles. The standard InChI is InChI=1S/C35H41N3O7/c1-23(12-13-25-16-17-37-30(18-25)38-22-36-2)26(20-39)19-34-31(41)28-10-6-7-11-29(28)32(42)35(34,45-34)33(43)44-21-27(40)15-14-24-8-4-3-5-9-24/h3-11,16,18,27,36-40H,12-15,17,19-22H2,1-2H3. The molecule has 45 heavy (non-hydrogen) atoms. The van der Waals surface area contributed by atoms with Crippen LogP contribution in [0.15, 0.2) is 89.3 Å². The van der Waals surface area contributed by atoms with Gasteiger partial charge >= 0.3 is 5.97 Å². The van der Waals surface area contributed by atoms with Crippen LogP contribution in [0.1, 0.15) is 58.9 Å². The van der Waals surface area contributed by atoms with E-state index in [1.54, 1.807) is 18.2 Å². The van der Waals surface area contributed by atoms with Gasteiger partial charge in [-0.3, -0.25) is 9.59 Å². The van der Waals surface area contributed by atoms with Crippen LogP contribution < -0.4 is 16.0 Å². The van der Waals surface area contributed by atoms with Gasteiger partial charge in [0.15, 0.2) is 11.4 Å². The van der Waals surface area contributed by atoms with E-state index in [2.05, 4.69) is 22.0 Å². The molecule has 2 aliphatic heterocycles. The third-order valence-electron chi connectivity index (χ3n) is 8.75. The highest BCUT2D eigenvalue weighted by Gasteiger charge is 2.85. The van der Waals surface area contributed by atoms with Crippen LogP contribution in [0.4, 0.5) is 0 Å². The van der Waals surface area contributed by atoms with Gasteiger partial charge in [0.1, 0.15) is 12.4 Å². The van der Waals surface area contributed by atoms with Crippen LogP contribution in [-0.2, 0) is 20.7 Å². The highest BCUT2D eigenvalue weighted by atomic mass is 16.7. The molecule has 10 nitrogen and oxygen atoms in total. The van der Waals surface area contributed by atoms with Crippen LogP contribution in [0.25, 0.3) is 0 Å². The third-order valence-corrected chi connectivity index (χ3v) is 8.75. The number of fused-ring (bicyclic) bond motifs is 2. The first-order chi connectivity index (χ1) is 21.8. The lowest BCUT2D eigenvalue weighted by atomic mass is 9.71. The molecule has 3 aliphatic rings. The van der Waals surface area contributed by atoms with Crippen molar-refractivity contribution in [2.45, 2.75) is 56.3 Å². The van der Waals surface area contributed by atoms with Crippen molar-refractivity contribution in [3.8, 4) is 0 Å². The van der Waals surface area contributed by atoms with Crippen LogP contribution in [0.2, 0.25) is 0 Å². The molecule has 0 bridgehead atoms. The van der Waals surface area contributed by atoms with E-state index in [9.17, 15) is 24.6 Å². The number of Topliss-reactive ketones (excluding diaryl/α,β-unsaturated/α-hetero) is 2. The Morgan fingerprint density at radius 1 is 1.07 bits per heavy atom. The molecule has 5 N–H and O–H groups in total. The quantitative estimate of drug-likeness (QED) is 0.0666. The summed E-state index contributed by atoms with van der Waals surface area (Å²) in [6.07, 6.45) is 5.23. The Hall–Kier alpha value is -4.09. The van der Waals surface area contributed by atoms with Gasteiger partial charge in [0.25, 0.3) is 5.60 Å². The van der Waals surface area contributed by atoms with Crippen LogP contribution in [0, 0.1) is 0 Å². The van der Waals surface area contributed by atoms with E-state index in [1.165, 1.54) is 6.07 Å². The maximum Gasteiger partial charge on any atom is 0.350 e. The molecule has 2 heterocycles. The summed E-state index contributed by atoms with van der Waals surface area (Å²) >= 11 is 0. The van der Waals surface area contributed by atoms with Gasteiger partial charge in [0, 0.05) is 24.1 Å². The van der Waals surface area contributed by atoms with E-state index < -0.39 is 34.8 Å². The molecule has 10 heteroatoms. The van der Waals surface area contributed by atoms with Crippen LogP contribution in [-0.4, -0.2) is 78.5 Å². The Bertz CT molecular complexity index is 1530. The van der Waals surface area contributed by atoms with Crippen molar-refractivity contribution in [1.82, 2.24) is 16.0 Å². The number of dihydropyridines is 1. The number of ketones is 2. The molecule has 1 fully saturated rings. The first-order valence-corrected chi connectivity index (χ1v) is 15.3. The summed E-state index contributed by atoms with van der Waals surface area (Å²) in [7, 11) is 1.86. The number of aliphatic hydroxyl groups is 2. The van der Waals surface area contributed by atoms with Gasteiger partial charge in [-0.1, -0.05) is 66.2 Å². The predicted molar refractivity (Wildman–Crippen MR) is 168 cm³/mol. The van der Waals surface area contributed by atoms with E-state index in [0.717, 1.165) is 22.5 Å². The van der Waals surface area contributed by atoms with Gasteiger partial charge in [-0.25, -0.2) is 4.79 Å². The summed E-state index contributed by atoms with van der Waals surface area (Å²) < 4.78 is 11.4. The van der Waals surface area contributed by atoms with Crippen molar-refractivity contribution in [3.63, 3.8) is 0 Å².